The molecule has 1 aromatic carbocycles. The van der Waals surface area contributed by atoms with Gasteiger partial charge in [0.05, 0.1) is 12.5 Å². The Morgan fingerprint density at radius 1 is 1.50 bits per heavy atom. The van der Waals surface area contributed by atoms with Crippen molar-refractivity contribution >= 4 is 5.97 Å². The highest BCUT2D eigenvalue weighted by Gasteiger charge is 2.11. The van der Waals surface area contributed by atoms with E-state index >= 15 is 0 Å². The number of hydrogen-bond donors (Lipinski definition) is 2. The van der Waals surface area contributed by atoms with Crippen LogP contribution in [-0.4, -0.2) is 16.2 Å². The largest absolute Gasteiger partial charge is 0.481 e. The third kappa shape index (κ3) is 2.85. The van der Waals surface area contributed by atoms with Gasteiger partial charge >= 0.3 is 5.97 Å². The molecular weight excluding hydrogens is 180 g/mol. The molecular formula is C11H14O3. The highest BCUT2D eigenvalue weighted by molar-refractivity contribution is 5.67. The lowest BCUT2D eigenvalue weighted by molar-refractivity contribution is -0.139. The van der Waals surface area contributed by atoms with Crippen LogP contribution in [0.5, 0.6) is 0 Å². The van der Waals surface area contributed by atoms with Crippen molar-refractivity contribution in [2.24, 2.45) is 0 Å². The highest BCUT2D eigenvalue weighted by atomic mass is 16.4. The predicted octanol–water partition coefficient (Wildman–Crippen LogP) is 1.76. The summed E-state index contributed by atoms with van der Waals surface area (Å²) in [5, 5.41) is 18.0. The molecule has 0 bridgehead atoms. The molecule has 0 amide bonds. The van der Waals surface area contributed by atoms with Crippen molar-refractivity contribution in [2.75, 3.05) is 0 Å². The van der Waals surface area contributed by atoms with Gasteiger partial charge in [-0.05, 0) is 17.5 Å². The van der Waals surface area contributed by atoms with E-state index in [0.29, 0.717) is 5.56 Å². The average molecular weight is 194 g/mol. The van der Waals surface area contributed by atoms with Gasteiger partial charge in [0.15, 0.2) is 0 Å². The van der Waals surface area contributed by atoms with Crippen molar-refractivity contribution in [3.05, 3.63) is 35.4 Å². The van der Waals surface area contributed by atoms with Crippen LogP contribution in [0.3, 0.4) is 0 Å². The number of hydrogen-bond acceptors (Lipinski definition) is 2. The molecule has 0 fully saturated rings. The Balaban J connectivity index is 2.78. The Morgan fingerprint density at radius 3 is 2.79 bits per heavy atom. The first-order chi connectivity index (χ1) is 6.63. The van der Waals surface area contributed by atoms with Gasteiger partial charge < -0.3 is 10.2 Å². The van der Waals surface area contributed by atoms with E-state index in [1.54, 1.807) is 6.07 Å². The van der Waals surface area contributed by atoms with Gasteiger partial charge in [-0.15, -0.1) is 0 Å². The number of aliphatic hydroxyl groups excluding tert-OH is 1. The van der Waals surface area contributed by atoms with Crippen LogP contribution in [0.2, 0.25) is 0 Å². The minimum absolute atomic E-state index is 0.243. The molecule has 1 atom stereocenters. The van der Waals surface area contributed by atoms with Gasteiger partial charge in [-0.25, -0.2) is 0 Å². The van der Waals surface area contributed by atoms with E-state index in [1.165, 1.54) is 0 Å². The van der Waals surface area contributed by atoms with Gasteiger partial charge in [0.25, 0.3) is 0 Å². The Kier molecular flexibility index (Phi) is 3.65. The van der Waals surface area contributed by atoms with Crippen LogP contribution in [0.1, 0.15) is 30.6 Å². The first-order valence-corrected chi connectivity index (χ1v) is 4.62. The molecule has 0 aliphatic carbocycles. The van der Waals surface area contributed by atoms with Crippen molar-refractivity contribution in [1.82, 2.24) is 0 Å². The van der Waals surface area contributed by atoms with E-state index in [-0.39, 0.29) is 6.42 Å². The van der Waals surface area contributed by atoms with Gasteiger partial charge in [-0.1, -0.05) is 31.2 Å². The number of aryl methyl sites for hydroxylation is 1. The second-order valence-electron chi connectivity index (χ2n) is 3.21. The van der Waals surface area contributed by atoms with E-state index in [4.69, 9.17) is 5.11 Å². The van der Waals surface area contributed by atoms with Crippen molar-refractivity contribution in [3.63, 3.8) is 0 Å². The fraction of sp³-hybridized carbons (Fsp3) is 0.364. The number of rotatable bonds is 4. The molecule has 3 nitrogen and oxygen atoms in total. The van der Waals surface area contributed by atoms with Gasteiger partial charge in [0, 0.05) is 0 Å². The molecule has 1 rings (SSSR count). The zero-order valence-corrected chi connectivity index (χ0v) is 8.10. The zero-order chi connectivity index (χ0) is 10.6. The summed E-state index contributed by atoms with van der Waals surface area (Å²) in [6, 6.07) is 7.37. The molecule has 1 aromatic rings. The van der Waals surface area contributed by atoms with Crippen LogP contribution >= 0.6 is 0 Å². The maximum Gasteiger partial charge on any atom is 0.306 e. The molecule has 0 saturated heterocycles. The minimum Gasteiger partial charge on any atom is -0.481 e. The van der Waals surface area contributed by atoms with Crippen LogP contribution in [0.15, 0.2) is 24.3 Å². The highest BCUT2D eigenvalue weighted by Crippen LogP contribution is 2.17. The molecule has 0 unspecified atom stereocenters. The van der Waals surface area contributed by atoms with Crippen LogP contribution in [0, 0.1) is 0 Å². The molecule has 0 saturated carbocycles. The fourth-order valence-electron chi connectivity index (χ4n) is 1.30. The summed E-state index contributed by atoms with van der Waals surface area (Å²) in [5.74, 6) is -0.987. The summed E-state index contributed by atoms with van der Waals surface area (Å²) in [6.45, 7) is 2.02. The monoisotopic (exact) mass is 194 g/mol. The normalized spacial score (nSPS) is 12.4. The second kappa shape index (κ2) is 4.77. The molecule has 14 heavy (non-hydrogen) atoms. The summed E-state index contributed by atoms with van der Waals surface area (Å²) < 4.78 is 0. The van der Waals surface area contributed by atoms with Crippen molar-refractivity contribution < 1.29 is 15.0 Å². The summed E-state index contributed by atoms with van der Waals surface area (Å²) >= 11 is 0. The molecule has 0 aliphatic heterocycles. The Labute approximate surface area is 83.0 Å². The van der Waals surface area contributed by atoms with Crippen molar-refractivity contribution in [3.8, 4) is 0 Å². The standard InChI is InChI=1S/C11H14O3/c1-2-8-4-3-5-9(6-8)10(12)7-11(13)14/h3-6,10,12H,2,7H2,1H3,(H,13,14)/t10-/m1/s1. The third-order valence-corrected chi connectivity index (χ3v) is 2.11. The molecule has 3 heteroatoms. The van der Waals surface area contributed by atoms with E-state index in [2.05, 4.69) is 0 Å². The molecule has 0 radical (unpaired) electrons. The Bertz CT molecular complexity index is 320. The van der Waals surface area contributed by atoms with Gasteiger partial charge in [0.2, 0.25) is 0 Å². The second-order valence-corrected chi connectivity index (χ2v) is 3.21. The van der Waals surface area contributed by atoms with E-state index < -0.39 is 12.1 Å². The molecule has 0 spiro atoms. The molecule has 0 aromatic heterocycles. The van der Waals surface area contributed by atoms with Crippen LogP contribution in [-0.2, 0) is 11.2 Å². The van der Waals surface area contributed by atoms with Gasteiger partial charge in [-0.2, -0.15) is 0 Å². The molecule has 0 aliphatic rings. The topological polar surface area (TPSA) is 57.5 Å². The number of carboxylic acids is 1. The van der Waals surface area contributed by atoms with Crippen molar-refractivity contribution in [2.45, 2.75) is 25.9 Å². The fourth-order valence-corrected chi connectivity index (χ4v) is 1.30. The van der Waals surface area contributed by atoms with E-state index in [0.717, 1.165) is 12.0 Å². The quantitative estimate of drug-likeness (QED) is 0.767. The summed E-state index contributed by atoms with van der Waals surface area (Å²) in [5.41, 5.74) is 1.78. The molecule has 0 heterocycles. The Hall–Kier alpha value is -1.35. The van der Waals surface area contributed by atoms with Crippen LogP contribution in [0.25, 0.3) is 0 Å². The number of benzene rings is 1. The first kappa shape index (κ1) is 10.7. The van der Waals surface area contributed by atoms with Crippen molar-refractivity contribution in [1.29, 1.82) is 0 Å². The molecule has 76 valence electrons. The average Bonchev–Trinajstić information content (AvgIpc) is 2.17. The number of aliphatic hydroxyl groups is 1. The lowest BCUT2D eigenvalue weighted by Crippen LogP contribution is -2.05. The van der Waals surface area contributed by atoms with Gasteiger partial charge in [-0.3, -0.25) is 4.79 Å². The van der Waals surface area contributed by atoms with Crippen LogP contribution in [0.4, 0.5) is 0 Å². The van der Waals surface area contributed by atoms with Gasteiger partial charge in [0.1, 0.15) is 0 Å². The minimum atomic E-state index is -0.987. The Morgan fingerprint density at radius 2 is 2.21 bits per heavy atom. The lowest BCUT2D eigenvalue weighted by atomic mass is 10.0. The van der Waals surface area contributed by atoms with E-state index in [1.807, 2.05) is 25.1 Å². The summed E-state index contributed by atoms with van der Waals surface area (Å²) in [7, 11) is 0. The summed E-state index contributed by atoms with van der Waals surface area (Å²) in [6.07, 6.45) is -0.264. The number of carbonyl (C=O) groups is 1. The number of carboxylic acid groups (broad SMARTS) is 1. The maximum absolute atomic E-state index is 10.4. The van der Waals surface area contributed by atoms with E-state index in [9.17, 15) is 9.90 Å². The maximum atomic E-state index is 10.4. The summed E-state index contributed by atoms with van der Waals surface area (Å²) in [4.78, 5) is 10.4. The predicted molar refractivity (Wildman–Crippen MR) is 53.0 cm³/mol. The molecule has 2 N–H and O–H groups in total. The van der Waals surface area contributed by atoms with Crippen LogP contribution < -0.4 is 0 Å². The number of aliphatic carboxylic acids is 1. The smallest absolute Gasteiger partial charge is 0.306 e. The third-order valence-electron chi connectivity index (χ3n) is 2.11. The first-order valence-electron chi connectivity index (χ1n) is 4.62. The SMILES string of the molecule is CCc1cccc([C@H](O)CC(=O)O)c1. The zero-order valence-electron chi connectivity index (χ0n) is 8.10. The lowest BCUT2D eigenvalue weighted by Gasteiger charge is -2.09.